The Labute approximate surface area is 136 Å². The smallest absolute Gasteiger partial charge is 0.361 e. The summed E-state index contributed by atoms with van der Waals surface area (Å²) in [5.74, 6) is 2.03. The van der Waals surface area contributed by atoms with E-state index < -0.39 is 0 Å². The summed E-state index contributed by atoms with van der Waals surface area (Å²) in [4.78, 5) is 12.1. The van der Waals surface area contributed by atoms with Gasteiger partial charge in [-0.15, -0.1) is 0 Å². The van der Waals surface area contributed by atoms with E-state index >= 15 is 0 Å². The van der Waals surface area contributed by atoms with Crippen molar-refractivity contribution in [3.05, 3.63) is 11.6 Å². The number of carbonyl (C=O) groups is 1. The van der Waals surface area contributed by atoms with E-state index in [0.29, 0.717) is 25.0 Å². The van der Waals surface area contributed by atoms with Gasteiger partial charge in [0.25, 0.3) is 0 Å². The number of nitrogens with zero attached hydrogens (tertiary/aromatic N) is 1. The molecule has 3 atom stereocenters. The molecule has 0 aromatic heterocycles. The van der Waals surface area contributed by atoms with Crippen LogP contribution in [0.15, 0.2) is 11.6 Å². The van der Waals surface area contributed by atoms with E-state index in [1.165, 1.54) is 31.3 Å². The minimum atomic E-state index is -0.00719. The van der Waals surface area contributed by atoms with E-state index in [1.807, 2.05) is 6.92 Å². The second-order valence-corrected chi connectivity index (χ2v) is 7.71. The molecule has 1 heterocycles. The van der Waals surface area contributed by atoms with Gasteiger partial charge < -0.3 is 9.22 Å². The second-order valence-electron chi connectivity index (χ2n) is 7.71. The summed E-state index contributed by atoms with van der Waals surface area (Å²) in [5.41, 5.74) is 1.53. The Morgan fingerprint density at radius 2 is 1.95 bits per heavy atom. The molecule has 1 aliphatic carbocycles. The normalized spacial score (nSPS) is 31.5. The molecule has 3 nitrogen and oxygen atoms in total. The minimum absolute atomic E-state index is 0.00719. The molecule has 22 heavy (non-hydrogen) atoms. The van der Waals surface area contributed by atoms with Crippen LogP contribution in [0.3, 0.4) is 0 Å². The van der Waals surface area contributed by atoms with Gasteiger partial charge in [0.15, 0.2) is 6.54 Å². The van der Waals surface area contributed by atoms with Crippen molar-refractivity contribution in [2.75, 3.05) is 32.8 Å². The first kappa shape index (κ1) is 17.5. The molecule has 0 amide bonds. The van der Waals surface area contributed by atoms with Crippen LogP contribution in [0.2, 0.25) is 0 Å². The number of rotatable bonds is 5. The molecule has 0 N–H and O–H groups in total. The van der Waals surface area contributed by atoms with Crippen molar-refractivity contribution in [2.24, 2.45) is 17.8 Å². The number of likely N-dealkylation sites (tertiary alicyclic amines) is 1. The van der Waals surface area contributed by atoms with Gasteiger partial charge >= 0.3 is 5.97 Å². The number of quaternary nitrogens is 1. The van der Waals surface area contributed by atoms with Gasteiger partial charge in [-0.25, -0.2) is 4.79 Å². The highest BCUT2D eigenvalue weighted by Gasteiger charge is 2.39. The molecule has 126 valence electrons. The van der Waals surface area contributed by atoms with Crippen molar-refractivity contribution in [3.63, 3.8) is 0 Å². The Balaban J connectivity index is 2.10. The SMILES string of the molecule is CCOC(=O)C[N+]1(C[C@@H]2[C@@H](C)C=C(C)C[C@@H]2C)CCCCC1. The van der Waals surface area contributed by atoms with E-state index in [0.717, 1.165) is 30.0 Å². The largest absolute Gasteiger partial charge is 0.462 e. The second kappa shape index (κ2) is 7.63. The molecular weight excluding hydrogens is 274 g/mol. The van der Waals surface area contributed by atoms with E-state index in [-0.39, 0.29) is 5.97 Å². The van der Waals surface area contributed by atoms with E-state index in [1.54, 1.807) is 0 Å². The van der Waals surface area contributed by atoms with Crippen LogP contribution in [0.5, 0.6) is 0 Å². The predicted molar refractivity (Wildman–Crippen MR) is 90.4 cm³/mol. The molecule has 0 unspecified atom stereocenters. The fraction of sp³-hybridized carbons (Fsp3) is 0.842. The first-order chi connectivity index (χ1) is 10.5. The van der Waals surface area contributed by atoms with Crippen molar-refractivity contribution < 1.29 is 14.0 Å². The number of ether oxygens (including phenoxy) is 1. The van der Waals surface area contributed by atoms with Crippen LogP contribution in [0, 0.1) is 17.8 Å². The van der Waals surface area contributed by atoms with Crippen molar-refractivity contribution in [1.82, 2.24) is 0 Å². The Morgan fingerprint density at radius 3 is 2.55 bits per heavy atom. The molecular formula is C19H34NO2+. The summed E-state index contributed by atoms with van der Waals surface area (Å²) in [5, 5.41) is 0. The Bertz CT molecular complexity index is 410. The number of allylic oxidation sites excluding steroid dienone is 2. The van der Waals surface area contributed by atoms with E-state index in [9.17, 15) is 4.79 Å². The van der Waals surface area contributed by atoms with Gasteiger partial charge in [0.05, 0.1) is 26.2 Å². The molecule has 1 fully saturated rings. The lowest BCUT2D eigenvalue weighted by atomic mass is 9.74. The maximum absolute atomic E-state index is 12.1. The molecule has 2 rings (SSSR count). The molecule has 3 heteroatoms. The van der Waals surface area contributed by atoms with Gasteiger partial charge in [0.2, 0.25) is 0 Å². The number of piperidine rings is 1. The quantitative estimate of drug-likeness (QED) is 0.439. The van der Waals surface area contributed by atoms with Crippen molar-refractivity contribution in [1.29, 1.82) is 0 Å². The van der Waals surface area contributed by atoms with Gasteiger partial charge in [-0.2, -0.15) is 0 Å². The first-order valence-corrected chi connectivity index (χ1v) is 9.14. The van der Waals surface area contributed by atoms with Crippen LogP contribution in [0.1, 0.15) is 53.4 Å². The van der Waals surface area contributed by atoms with Crippen LogP contribution in [-0.4, -0.2) is 43.2 Å². The first-order valence-electron chi connectivity index (χ1n) is 9.14. The minimum Gasteiger partial charge on any atom is -0.462 e. The maximum atomic E-state index is 12.1. The summed E-state index contributed by atoms with van der Waals surface area (Å²) in [7, 11) is 0. The zero-order valence-electron chi connectivity index (χ0n) is 14.9. The lowest BCUT2D eigenvalue weighted by Gasteiger charge is -2.46. The average Bonchev–Trinajstić information content (AvgIpc) is 2.44. The highest BCUT2D eigenvalue weighted by atomic mass is 16.5. The lowest BCUT2D eigenvalue weighted by Crippen LogP contribution is -2.58. The highest BCUT2D eigenvalue weighted by molar-refractivity contribution is 5.70. The van der Waals surface area contributed by atoms with Gasteiger partial charge in [-0.1, -0.05) is 25.5 Å². The third-order valence-electron chi connectivity index (χ3n) is 5.73. The van der Waals surface area contributed by atoms with Gasteiger partial charge in [0.1, 0.15) is 0 Å². The number of carbonyl (C=O) groups excluding carboxylic acids is 1. The van der Waals surface area contributed by atoms with Crippen LogP contribution in [-0.2, 0) is 9.53 Å². The number of hydrogen-bond acceptors (Lipinski definition) is 2. The summed E-state index contributed by atoms with van der Waals surface area (Å²) < 4.78 is 6.23. The summed E-state index contributed by atoms with van der Waals surface area (Å²) in [6.07, 6.45) is 7.50. The Morgan fingerprint density at radius 1 is 1.27 bits per heavy atom. The molecule has 1 saturated heterocycles. The zero-order chi connectivity index (χ0) is 16.2. The molecule has 2 aliphatic rings. The van der Waals surface area contributed by atoms with Crippen LogP contribution in [0.25, 0.3) is 0 Å². The van der Waals surface area contributed by atoms with Gasteiger partial charge in [-0.05, 0) is 51.4 Å². The summed E-state index contributed by atoms with van der Waals surface area (Å²) >= 11 is 0. The number of esters is 1. The van der Waals surface area contributed by atoms with Gasteiger partial charge in [0, 0.05) is 5.92 Å². The standard InChI is InChI=1S/C19H34NO2/c1-5-22-19(21)14-20(9-7-6-8-10-20)13-18-16(3)11-15(2)12-17(18)4/h11,16-18H,5-10,12-14H2,1-4H3/q+1/t16-,17-,18+/m0/s1. The molecule has 0 bridgehead atoms. The van der Waals surface area contributed by atoms with Gasteiger partial charge in [-0.3, -0.25) is 0 Å². The Kier molecular flexibility index (Phi) is 6.08. The molecule has 0 radical (unpaired) electrons. The van der Waals surface area contributed by atoms with Crippen molar-refractivity contribution in [3.8, 4) is 0 Å². The van der Waals surface area contributed by atoms with Crippen LogP contribution >= 0.6 is 0 Å². The lowest BCUT2D eigenvalue weighted by molar-refractivity contribution is -0.929. The molecule has 0 saturated carbocycles. The van der Waals surface area contributed by atoms with Crippen molar-refractivity contribution in [2.45, 2.75) is 53.4 Å². The zero-order valence-corrected chi connectivity index (χ0v) is 14.9. The molecule has 0 spiro atoms. The molecule has 1 aliphatic heterocycles. The third-order valence-corrected chi connectivity index (χ3v) is 5.73. The third kappa shape index (κ3) is 4.34. The van der Waals surface area contributed by atoms with Crippen LogP contribution < -0.4 is 0 Å². The van der Waals surface area contributed by atoms with Crippen LogP contribution in [0.4, 0.5) is 0 Å². The monoisotopic (exact) mass is 308 g/mol. The maximum Gasteiger partial charge on any atom is 0.361 e. The Hall–Kier alpha value is -0.830. The average molecular weight is 308 g/mol. The van der Waals surface area contributed by atoms with E-state index in [4.69, 9.17) is 4.74 Å². The molecule has 0 aromatic carbocycles. The fourth-order valence-electron chi connectivity index (χ4n) is 4.68. The summed E-state index contributed by atoms with van der Waals surface area (Å²) in [6, 6.07) is 0. The number of hydrogen-bond donors (Lipinski definition) is 0. The fourth-order valence-corrected chi connectivity index (χ4v) is 4.68. The van der Waals surface area contributed by atoms with Crippen molar-refractivity contribution >= 4 is 5.97 Å². The highest BCUT2D eigenvalue weighted by Crippen LogP contribution is 2.36. The topological polar surface area (TPSA) is 26.3 Å². The summed E-state index contributed by atoms with van der Waals surface area (Å²) in [6.45, 7) is 13.4. The predicted octanol–water partition coefficient (Wildman–Crippen LogP) is 3.79. The van der Waals surface area contributed by atoms with E-state index in [2.05, 4.69) is 26.8 Å². The molecule has 0 aromatic rings.